The molecule has 0 saturated heterocycles. The molecule has 1 unspecified atom stereocenters. The van der Waals surface area contributed by atoms with Gasteiger partial charge in [0.1, 0.15) is 0 Å². The maximum absolute atomic E-state index is 12.3. The number of hydrogen-bond donors (Lipinski definition) is 2. The highest BCUT2D eigenvalue weighted by atomic mass is 35.5. The van der Waals surface area contributed by atoms with E-state index in [1.54, 1.807) is 30.1 Å². The largest absolute Gasteiger partial charge is 0.392 e. The molecule has 8 heteroatoms. The van der Waals surface area contributed by atoms with Gasteiger partial charge in [0.2, 0.25) is 10.0 Å². The molecule has 0 radical (unpaired) electrons. The van der Waals surface area contributed by atoms with E-state index in [2.05, 4.69) is 9.82 Å². The van der Waals surface area contributed by atoms with Crippen molar-refractivity contribution in [3.63, 3.8) is 0 Å². The van der Waals surface area contributed by atoms with Crippen molar-refractivity contribution >= 4 is 21.6 Å². The minimum absolute atomic E-state index is 0.0725. The van der Waals surface area contributed by atoms with Crippen molar-refractivity contribution in [1.29, 1.82) is 0 Å². The Balaban J connectivity index is 2.14. The van der Waals surface area contributed by atoms with Crippen molar-refractivity contribution in [2.45, 2.75) is 31.0 Å². The van der Waals surface area contributed by atoms with Gasteiger partial charge in [-0.15, -0.1) is 0 Å². The van der Waals surface area contributed by atoms with Gasteiger partial charge in [-0.2, -0.15) is 5.10 Å². The molecule has 2 N–H and O–H groups in total. The van der Waals surface area contributed by atoms with Gasteiger partial charge in [-0.25, -0.2) is 13.1 Å². The zero-order chi connectivity index (χ0) is 15.5. The number of aliphatic hydroxyl groups excluding tert-OH is 1. The van der Waals surface area contributed by atoms with E-state index < -0.39 is 10.0 Å². The molecule has 6 nitrogen and oxygen atoms in total. The van der Waals surface area contributed by atoms with Gasteiger partial charge in [0.25, 0.3) is 0 Å². The first-order valence-electron chi connectivity index (χ1n) is 6.31. The van der Waals surface area contributed by atoms with Crippen LogP contribution in [0.25, 0.3) is 0 Å². The second kappa shape index (κ2) is 6.57. The summed E-state index contributed by atoms with van der Waals surface area (Å²) in [6.45, 7) is 1.86. The first-order chi connectivity index (χ1) is 9.92. The van der Waals surface area contributed by atoms with Gasteiger partial charge in [-0.05, 0) is 36.8 Å². The molecular formula is C13H16ClN3O3S. The van der Waals surface area contributed by atoms with Gasteiger partial charge >= 0.3 is 0 Å². The quantitative estimate of drug-likeness (QED) is 0.839. The third-order valence-electron chi connectivity index (χ3n) is 2.87. The van der Waals surface area contributed by atoms with Crippen LogP contribution in [0.5, 0.6) is 0 Å². The Hall–Kier alpha value is -1.41. The number of aliphatic hydroxyl groups is 1. The topological polar surface area (TPSA) is 84.2 Å². The number of nitrogens with one attached hydrogen (secondary N) is 1. The van der Waals surface area contributed by atoms with Crippen molar-refractivity contribution in [3.05, 3.63) is 47.2 Å². The number of sulfonamides is 1. The van der Waals surface area contributed by atoms with Crippen LogP contribution in [0.1, 0.15) is 12.5 Å². The molecule has 0 spiro atoms. The fourth-order valence-electron chi connectivity index (χ4n) is 1.90. The molecule has 114 valence electrons. The summed E-state index contributed by atoms with van der Waals surface area (Å²) in [6, 6.07) is 5.67. The van der Waals surface area contributed by atoms with Gasteiger partial charge in [0.05, 0.1) is 18.0 Å². The highest BCUT2D eigenvalue weighted by molar-refractivity contribution is 7.89. The summed E-state index contributed by atoms with van der Waals surface area (Å²) in [5.74, 6) is 0. The molecular weight excluding hydrogens is 314 g/mol. The molecule has 0 saturated carbocycles. The molecule has 0 aliphatic heterocycles. The minimum atomic E-state index is -3.67. The highest BCUT2D eigenvalue weighted by Gasteiger charge is 2.18. The van der Waals surface area contributed by atoms with Crippen molar-refractivity contribution in [3.8, 4) is 0 Å². The highest BCUT2D eigenvalue weighted by Crippen LogP contribution is 2.20. The standard InChI is InChI=1S/C13H16ClN3O3S/c1-10(8-17-6-2-5-15-17)16-21(19,20)12-3-4-13(14)11(7-12)9-18/h2-7,10,16,18H,8-9H2,1H3. The fraction of sp³-hybridized carbons (Fsp3) is 0.308. The average molecular weight is 330 g/mol. The van der Waals surface area contributed by atoms with Crippen LogP contribution >= 0.6 is 11.6 Å². The molecule has 0 aliphatic rings. The Bertz CT molecular complexity index is 701. The average Bonchev–Trinajstić information content (AvgIpc) is 2.91. The zero-order valence-electron chi connectivity index (χ0n) is 11.4. The first-order valence-corrected chi connectivity index (χ1v) is 8.17. The lowest BCUT2D eigenvalue weighted by molar-refractivity contribution is 0.281. The van der Waals surface area contributed by atoms with Crippen molar-refractivity contribution in [2.24, 2.45) is 0 Å². The van der Waals surface area contributed by atoms with Gasteiger partial charge in [-0.1, -0.05) is 11.6 Å². The van der Waals surface area contributed by atoms with Crippen LogP contribution in [0.2, 0.25) is 5.02 Å². The summed E-state index contributed by atoms with van der Waals surface area (Å²) in [5, 5.41) is 13.5. The maximum atomic E-state index is 12.3. The number of nitrogens with zero attached hydrogens (tertiary/aromatic N) is 2. The van der Waals surface area contributed by atoms with Crippen LogP contribution in [-0.4, -0.2) is 29.3 Å². The predicted octanol–water partition coefficient (Wildman–Crippen LogP) is 1.40. The van der Waals surface area contributed by atoms with Crippen molar-refractivity contribution < 1.29 is 13.5 Å². The number of halogens is 1. The molecule has 0 aliphatic carbocycles. The van der Waals surface area contributed by atoms with E-state index in [4.69, 9.17) is 16.7 Å². The third-order valence-corrected chi connectivity index (χ3v) is 4.83. The van der Waals surface area contributed by atoms with E-state index >= 15 is 0 Å². The molecule has 2 rings (SSSR count). The number of benzene rings is 1. The molecule has 0 bridgehead atoms. The van der Waals surface area contributed by atoms with Gasteiger partial charge < -0.3 is 5.11 Å². The van der Waals surface area contributed by atoms with Crippen LogP contribution in [0, 0.1) is 0 Å². The molecule has 1 aromatic carbocycles. The Morgan fingerprint density at radius 1 is 1.48 bits per heavy atom. The molecule has 21 heavy (non-hydrogen) atoms. The summed E-state index contributed by atoms with van der Waals surface area (Å²) in [5.41, 5.74) is 0.374. The van der Waals surface area contributed by atoms with Crippen LogP contribution in [0.3, 0.4) is 0 Å². The molecule has 1 heterocycles. The molecule has 0 amide bonds. The molecule has 1 aromatic heterocycles. The third kappa shape index (κ3) is 4.04. The van der Waals surface area contributed by atoms with Crippen molar-refractivity contribution in [1.82, 2.24) is 14.5 Å². The van der Waals surface area contributed by atoms with E-state index in [0.717, 1.165) is 0 Å². The minimum Gasteiger partial charge on any atom is -0.392 e. The first kappa shape index (κ1) is 16.0. The van der Waals surface area contributed by atoms with E-state index in [1.807, 2.05) is 0 Å². The second-order valence-electron chi connectivity index (χ2n) is 4.66. The van der Waals surface area contributed by atoms with Gasteiger partial charge in [0, 0.05) is 23.5 Å². The van der Waals surface area contributed by atoms with Gasteiger partial charge in [0.15, 0.2) is 0 Å². The van der Waals surface area contributed by atoms with E-state index in [0.29, 0.717) is 17.1 Å². The normalized spacial score (nSPS) is 13.3. The van der Waals surface area contributed by atoms with E-state index in [9.17, 15) is 8.42 Å². The van der Waals surface area contributed by atoms with Crippen LogP contribution in [0.4, 0.5) is 0 Å². The Kier molecular flexibility index (Phi) is 5.00. The predicted molar refractivity (Wildman–Crippen MR) is 79.4 cm³/mol. The van der Waals surface area contributed by atoms with Crippen LogP contribution < -0.4 is 4.72 Å². The Morgan fingerprint density at radius 3 is 2.86 bits per heavy atom. The summed E-state index contributed by atoms with van der Waals surface area (Å²) >= 11 is 5.86. The Morgan fingerprint density at radius 2 is 2.24 bits per heavy atom. The molecule has 1 atom stereocenters. The van der Waals surface area contributed by atoms with Crippen molar-refractivity contribution in [2.75, 3.05) is 0 Å². The fourth-order valence-corrected chi connectivity index (χ4v) is 3.36. The van der Waals surface area contributed by atoms with Gasteiger partial charge in [-0.3, -0.25) is 4.68 Å². The van der Waals surface area contributed by atoms with Crippen LogP contribution in [-0.2, 0) is 23.2 Å². The lowest BCUT2D eigenvalue weighted by Crippen LogP contribution is -2.35. The summed E-state index contributed by atoms with van der Waals surface area (Å²) < 4.78 is 28.8. The van der Waals surface area contributed by atoms with E-state index in [1.165, 1.54) is 18.2 Å². The maximum Gasteiger partial charge on any atom is 0.240 e. The summed E-state index contributed by atoms with van der Waals surface area (Å²) in [6.07, 6.45) is 3.39. The van der Waals surface area contributed by atoms with E-state index in [-0.39, 0.29) is 17.5 Å². The van der Waals surface area contributed by atoms with Crippen LogP contribution in [0.15, 0.2) is 41.6 Å². The SMILES string of the molecule is CC(Cn1cccn1)NS(=O)(=O)c1ccc(Cl)c(CO)c1. The smallest absolute Gasteiger partial charge is 0.240 e. The number of rotatable bonds is 6. The number of aromatic nitrogens is 2. The zero-order valence-corrected chi connectivity index (χ0v) is 13.0. The number of hydrogen-bond acceptors (Lipinski definition) is 4. The summed E-state index contributed by atoms with van der Waals surface area (Å²) in [7, 11) is -3.67. The Labute approximate surface area is 128 Å². The monoisotopic (exact) mass is 329 g/mol. The molecule has 2 aromatic rings. The lowest BCUT2D eigenvalue weighted by Gasteiger charge is -2.15. The second-order valence-corrected chi connectivity index (χ2v) is 6.78. The molecule has 0 fully saturated rings. The summed E-state index contributed by atoms with van der Waals surface area (Å²) in [4.78, 5) is 0.0725. The lowest BCUT2D eigenvalue weighted by atomic mass is 10.2.